The molecular formula is C17H11BrClN3O2. The standard InChI is InChI=1S/C17H11BrClN3O2/c18-13-6-3-5-12(10-13)16-21-22-17(24-16)20-15(23)9-8-11-4-1-2-7-14(11)19/h1-10H,(H,20,22,23)/b9-8+. The number of anilines is 1. The van der Waals surface area contributed by atoms with Gasteiger partial charge in [-0.25, -0.2) is 0 Å². The van der Waals surface area contributed by atoms with E-state index in [1.165, 1.54) is 6.08 Å². The average Bonchev–Trinajstić information content (AvgIpc) is 3.02. The van der Waals surface area contributed by atoms with E-state index >= 15 is 0 Å². The number of carbonyl (C=O) groups excluding carboxylic acids is 1. The molecule has 0 saturated heterocycles. The number of hydrogen-bond acceptors (Lipinski definition) is 4. The molecule has 0 unspecified atom stereocenters. The van der Waals surface area contributed by atoms with Crippen LogP contribution in [-0.4, -0.2) is 16.1 Å². The lowest BCUT2D eigenvalue weighted by molar-refractivity contribution is -0.112. The summed E-state index contributed by atoms with van der Waals surface area (Å²) in [7, 11) is 0. The molecule has 0 aliphatic rings. The first-order chi connectivity index (χ1) is 11.6. The van der Waals surface area contributed by atoms with Gasteiger partial charge >= 0.3 is 6.01 Å². The third-order valence-electron chi connectivity index (χ3n) is 3.05. The van der Waals surface area contributed by atoms with Crippen LogP contribution in [0, 0.1) is 0 Å². The average molecular weight is 405 g/mol. The van der Waals surface area contributed by atoms with E-state index in [1.54, 1.807) is 12.1 Å². The minimum absolute atomic E-state index is 0.0267. The largest absolute Gasteiger partial charge is 0.403 e. The molecule has 1 heterocycles. The molecule has 1 aromatic heterocycles. The van der Waals surface area contributed by atoms with Crippen molar-refractivity contribution in [3.8, 4) is 11.5 Å². The highest BCUT2D eigenvalue weighted by Gasteiger charge is 2.10. The zero-order valence-electron chi connectivity index (χ0n) is 12.2. The molecule has 0 fully saturated rings. The van der Waals surface area contributed by atoms with Crippen molar-refractivity contribution in [2.24, 2.45) is 0 Å². The second-order valence-electron chi connectivity index (χ2n) is 4.77. The second kappa shape index (κ2) is 7.42. The van der Waals surface area contributed by atoms with Crippen LogP contribution in [0.3, 0.4) is 0 Å². The van der Waals surface area contributed by atoms with Crippen molar-refractivity contribution >= 4 is 45.5 Å². The Hall–Kier alpha value is -2.44. The van der Waals surface area contributed by atoms with Crippen LogP contribution >= 0.6 is 27.5 Å². The summed E-state index contributed by atoms with van der Waals surface area (Å²) in [6.07, 6.45) is 2.97. The molecule has 0 bridgehead atoms. The maximum Gasteiger partial charge on any atom is 0.322 e. The minimum atomic E-state index is -0.389. The summed E-state index contributed by atoms with van der Waals surface area (Å²) in [5.74, 6) is -0.0685. The fourth-order valence-electron chi connectivity index (χ4n) is 1.93. The number of nitrogens with one attached hydrogen (secondary N) is 1. The van der Waals surface area contributed by atoms with Crippen LogP contribution in [0.2, 0.25) is 5.02 Å². The van der Waals surface area contributed by atoms with Gasteiger partial charge in [0.2, 0.25) is 5.89 Å². The maximum absolute atomic E-state index is 11.9. The highest BCUT2D eigenvalue weighted by Crippen LogP contribution is 2.23. The van der Waals surface area contributed by atoms with Crippen LogP contribution in [0.1, 0.15) is 5.56 Å². The molecule has 1 N–H and O–H groups in total. The molecule has 0 atom stereocenters. The summed E-state index contributed by atoms with van der Waals surface area (Å²) in [5.41, 5.74) is 1.50. The van der Waals surface area contributed by atoms with Crippen molar-refractivity contribution in [3.05, 3.63) is 69.7 Å². The Labute approximate surface area is 151 Å². The Bertz CT molecular complexity index is 908. The SMILES string of the molecule is O=C(/C=C/c1ccccc1Cl)Nc1nnc(-c2cccc(Br)c2)o1. The minimum Gasteiger partial charge on any atom is -0.403 e. The first-order valence-electron chi connectivity index (χ1n) is 6.95. The van der Waals surface area contributed by atoms with E-state index in [1.807, 2.05) is 42.5 Å². The van der Waals surface area contributed by atoms with Gasteiger partial charge in [0.25, 0.3) is 5.91 Å². The van der Waals surface area contributed by atoms with Gasteiger partial charge in [0.15, 0.2) is 0 Å². The van der Waals surface area contributed by atoms with Crippen molar-refractivity contribution in [2.75, 3.05) is 5.32 Å². The number of halogens is 2. The summed E-state index contributed by atoms with van der Waals surface area (Å²) in [6.45, 7) is 0. The van der Waals surface area contributed by atoms with E-state index < -0.39 is 0 Å². The summed E-state index contributed by atoms with van der Waals surface area (Å²) in [6, 6.07) is 14.7. The van der Waals surface area contributed by atoms with E-state index in [4.69, 9.17) is 16.0 Å². The van der Waals surface area contributed by atoms with Crippen molar-refractivity contribution in [2.45, 2.75) is 0 Å². The van der Waals surface area contributed by atoms with Crippen LogP contribution in [-0.2, 0) is 4.79 Å². The first kappa shape index (κ1) is 16.4. The molecule has 5 nitrogen and oxygen atoms in total. The van der Waals surface area contributed by atoms with Crippen LogP contribution in [0.25, 0.3) is 17.5 Å². The van der Waals surface area contributed by atoms with E-state index in [0.717, 1.165) is 15.6 Å². The Kier molecular flexibility index (Phi) is 5.08. The van der Waals surface area contributed by atoms with Crippen LogP contribution in [0.4, 0.5) is 6.01 Å². The number of hydrogen-bond donors (Lipinski definition) is 1. The highest BCUT2D eigenvalue weighted by atomic mass is 79.9. The maximum atomic E-state index is 11.9. The van der Waals surface area contributed by atoms with E-state index in [9.17, 15) is 4.79 Å². The van der Waals surface area contributed by atoms with Gasteiger partial charge < -0.3 is 4.42 Å². The molecule has 0 radical (unpaired) electrons. The fraction of sp³-hybridized carbons (Fsp3) is 0. The number of carbonyl (C=O) groups is 1. The molecule has 7 heteroatoms. The Morgan fingerprint density at radius 3 is 2.79 bits per heavy atom. The third-order valence-corrected chi connectivity index (χ3v) is 3.88. The van der Waals surface area contributed by atoms with Crippen molar-refractivity contribution in [1.82, 2.24) is 10.2 Å². The number of nitrogens with zero attached hydrogens (tertiary/aromatic N) is 2. The molecule has 0 aliphatic heterocycles. The van der Waals surface area contributed by atoms with Gasteiger partial charge in [-0.05, 0) is 35.9 Å². The van der Waals surface area contributed by atoms with Gasteiger partial charge in [-0.1, -0.05) is 56.9 Å². The molecule has 2 aromatic carbocycles. The predicted molar refractivity (Wildman–Crippen MR) is 96.5 cm³/mol. The summed E-state index contributed by atoms with van der Waals surface area (Å²) in [4.78, 5) is 11.9. The topological polar surface area (TPSA) is 68.0 Å². The lowest BCUT2D eigenvalue weighted by Gasteiger charge is -1.97. The van der Waals surface area contributed by atoms with Gasteiger partial charge in [-0.3, -0.25) is 10.1 Å². The summed E-state index contributed by atoms with van der Waals surface area (Å²) in [5, 5.41) is 10.8. The molecule has 1 amide bonds. The molecule has 0 saturated carbocycles. The molecular weight excluding hydrogens is 394 g/mol. The number of benzene rings is 2. The van der Waals surface area contributed by atoms with Crippen molar-refractivity contribution in [3.63, 3.8) is 0 Å². The van der Waals surface area contributed by atoms with Gasteiger partial charge in [-0.15, -0.1) is 5.10 Å². The Balaban J connectivity index is 1.68. The smallest absolute Gasteiger partial charge is 0.322 e. The zero-order chi connectivity index (χ0) is 16.9. The van der Waals surface area contributed by atoms with E-state index in [0.29, 0.717) is 10.9 Å². The van der Waals surface area contributed by atoms with Gasteiger partial charge in [-0.2, -0.15) is 0 Å². The molecule has 0 spiro atoms. The third kappa shape index (κ3) is 4.10. The van der Waals surface area contributed by atoms with Crippen molar-refractivity contribution in [1.29, 1.82) is 0 Å². The van der Waals surface area contributed by atoms with Crippen LogP contribution in [0.15, 0.2) is 63.5 Å². The first-order valence-corrected chi connectivity index (χ1v) is 8.12. The van der Waals surface area contributed by atoms with Crippen molar-refractivity contribution < 1.29 is 9.21 Å². The molecule has 0 aliphatic carbocycles. The highest BCUT2D eigenvalue weighted by molar-refractivity contribution is 9.10. The monoisotopic (exact) mass is 403 g/mol. The summed E-state index contributed by atoms with van der Waals surface area (Å²) < 4.78 is 6.33. The lowest BCUT2D eigenvalue weighted by atomic mass is 10.2. The normalized spacial score (nSPS) is 10.9. The number of aromatic nitrogens is 2. The number of rotatable bonds is 4. The van der Waals surface area contributed by atoms with Gasteiger partial charge in [0.1, 0.15) is 0 Å². The van der Waals surface area contributed by atoms with Gasteiger partial charge in [0, 0.05) is 21.1 Å². The molecule has 24 heavy (non-hydrogen) atoms. The van der Waals surface area contributed by atoms with Gasteiger partial charge in [0.05, 0.1) is 0 Å². The lowest BCUT2D eigenvalue weighted by Crippen LogP contribution is -2.07. The fourth-order valence-corrected chi connectivity index (χ4v) is 2.53. The van der Waals surface area contributed by atoms with E-state index in [2.05, 4.69) is 31.4 Å². The zero-order valence-corrected chi connectivity index (χ0v) is 14.6. The van der Waals surface area contributed by atoms with E-state index in [-0.39, 0.29) is 11.9 Å². The number of amides is 1. The Morgan fingerprint density at radius 2 is 2.00 bits per heavy atom. The van der Waals surface area contributed by atoms with Crippen LogP contribution in [0.5, 0.6) is 0 Å². The molecule has 3 rings (SSSR count). The van der Waals surface area contributed by atoms with Crippen LogP contribution < -0.4 is 5.32 Å². The molecule has 3 aromatic rings. The predicted octanol–water partition coefficient (Wildman–Crippen LogP) is 4.80. The second-order valence-corrected chi connectivity index (χ2v) is 6.09. The molecule has 120 valence electrons. The quantitative estimate of drug-likeness (QED) is 0.634. The summed E-state index contributed by atoms with van der Waals surface area (Å²) >= 11 is 9.40. The Morgan fingerprint density at radius 1 is 1.17 bits per heavy atom.